The second-order valence-electron chi connectivity index (χ2n) is 8.38. The van der Waals surface area contributed by atoms with E-state index in [0.29, 0.717) is 56.7 Å². The van der Waals surface area contributed by atoms with Crippen LogP contribution in [0.4, 0.5) is 4.39 Å². The topological polar surface area (TPSA) is 79.2 Å². The quantitative estimate of drug-likeness (QED) is 0.802. The number of hydrogen-bond donors (Lipinski definition) is 1. The zero-order valence-electron chi connectivity index (χ0n) is 17.2. The number of aliphatic hydroxyl groups is 1. The number of Topliss-reactive ketones (excluding diaryl/α,β-unsaturated/α-hetero) is 1. The van der Waals surface area contributed by atoms with Crippen molar-refractivity contribution in [3.05, 3.63) is 41.2 Å². The van der Waals surface area contributed by atoms with Gasteiger partial charge in [0.05, 0.1) is 25.2 Å². The van der Waals surface area contributed by atoms with Crippen LogP contribution in [0.5, 0.6) is 5.75 Å². The van der Waals surface area contributed by atoms with E-state index in [9.17, 15) is 19.1 Å². The lowest BCUT2D eigenvalue weighted by atomic mass is 9.81. The summed E-state index contributed by atoms with van der Waals surface area (Å²) in [5, 5.41) is 11.1. The Morgan fingerprint density at radius 2 is 2.07 bits per heavy atom. The molecule has 0 spiro atoms. The minimum atomic E-state index is -0.955. The summed E-state index contributed by atoms with van der Waals surface area (Å²) in [5.74, 6) is -0.598. The van der Waals surface area contributed by atoms with E-state index in [2.05, 4.69) is 4.99 Å². The van der Waals surface area contributed by atoms with E-state index in [4.69, 9.17) is 4.74 Å². The zero-order valence-corrected chi connectivity index (χ0v) is 17.2. The lowest BCUT2D eigenvalue weighted by molar-refractivity contribution is -0.118. The molecule has 3 aliphatic rings. The summed E-state index contributed by atoms with van der Waals surface area (Å²) in [6, 6.07) is 7.43. The van der Waals surface area contributed by atoms with E-state index in [-0.39, 0.29) is 30.2 Å². The van der Waals surface area contributed by atoms with Crippen LogP contribution in [-0.2, 0) is 15.2 Å². The van der Waals surface area contributed by atoms with Crippen molar-refractivity contribution in [3.63, 3.8) is 0 Å². The van der Waals surface area contributed by atoms with Crippen molar-refractivity contribution >= 4 is 17.4 Å². The minimum Gasteiger partial charge on any atom is -0.497 e. The minimum absolute atomic E-state index is 0.148. The second kappa shape index (κ2) is 8.40. The number of methoxy groups -OCH3 is 1. The second-order valence-corrected chi connectivity index (χ2v) is 8.38. The number of ketones is 1. The van der Waals surface area contributed by atoms with Gasteiger partial charge in [-0.3, -0.25) is 14.5 Å². The number of amides is 1. The molecule has 160 valence electrons. The number of carbonyl (C=O) groups is 2. The van der Waals surface area contributed by atoms with Crippen LogP contribution in [0.25, 0.3) is 0 Å². The smallest absolute Gasteiger partial charge is 0.245 e. The van der Waals surface area contributed by atoms with Crippen molar-refractivity contribution in [2.24, 2.45) is 10.9 Å². The highest BCUT2D eigenvalue weighted by molar-refractivity contribution is 6.05. The molecule has 1 saturated heterocycles. The van der Waals surface area contributed by atoms with Crippen molar-refractivity contribution in [3.8, 4) is 5.75 Å². The number of allylic oxidation sites excluding steroid dienone is 1. The predicted octanol–water partition coefficient (Wildman–Crippen LogP) is 2.94. The van der Waals surface area contributed by atoms with Gasteiger partial charge < -0.3 is 9.84 Å². The fraction of sp³-hybridized carbons (Fsp3) is 0.522. The van der Waals surface area contributed by atoms with Gasteiger partial charge in [0.15, 0.2) is 5.78 Å². The molecule has 7 heteroatoms. The third-order valence-electron chi connectivity index (χ3n) is 6.54. The predicted molar refractivity (Wildman–Crippen MR) is 110 cm³/mol. The third-order valence-corrected chi connectivity index (χ3v) is 6.54. The number of ether oxygens (including phenoxy) is 1. The first-order valence-electron chi connectivity index (χ1n) is 10.5. The van der Waals surface area contributed by atoms with Crippen LogP contribution in [0.2, 0.25) is 0 Å². The van der Waals surface area contributed by atoms with Gasteiger partial charge in [-0.1, -0.05) is 12.1 Å². The van der Waals surface area contributed by atoms with E-state index >= 15 is 0 Å². The van der Waals surface area contributed by atoms with Crippen molar-refractivity contribution in [2.45, 2.75) is 44.1 Å². The number of likely N-dealkylation sites (tertiary alicyclic amines) is 1. The lowest BCUT2D eigenvalue weighted by Crippen LogP contribution is -2.44. The molecule has 1 N–H and O–H groups in total. The number of halogens is 1. The van der Waals surface area contributed by atoms with Gasteiger partial charge in [-0.15, -0.1) is 0 Å². The number of carbonyl (C=O) groups excluding carboxylic acids is 2. The van der Waals surface area contributed by atoms with Crippen molar-refractivity contribution in [1.29, 1.82) is 0 Å². The SMILES string of the molecule is COc1cccc(C2(O)CCN(CC(=O)C3=C(F)C4CCC(=O)N=C4CC3)CC2)c1. The normalized spacial score (nSPS) is 24.3. The fourth-order valence-corrected chi connectivity index (χ4v) is 4.67. The molecule has 1 aromatic rings. The van der Waals surface area contributed by atoms with Crippen LogP contribution < -0.4 is 4.74 Å². The largest absolute Gasteiger partial charge is 0.497 e. The number of rotatable bonds is 5. The monoisotopic (exact) mass is 414 g/mol. The number of piperidine rings is 1. The Morgan fingerprint density at radius 1 is 1.30 bits per heavy atom. The molecule has 0 aromatic heterocycles. The van der Waals surface area contributed by atoms with E-state index in [0.717, 1.165) is 5.56 Å². The lowest BCUT2D eigenvalue weighted by Gasteiger charge is -2.38. The standard InChI is InChI=1S/C23H27FN2O4/c1-30-16-4-2-3-15(13-16)23(29)9-11-26(12-10-23)14-20(27)18-5-7-19-17(22(18)24)6-8-21(28)25-19/h2-4,13,17,29H,5-12,14H2,1H3. The Balaban J connectivity index is 1.39. The van der Waals surface area contributed by atoms with Gasteiger partial charge in [0, 0.05) is 30.8 Å². The van der Waals surface area contributed by atoms with Gasteiger partial charge in [0.2, 0.25) is 5.91 Å². The number of nitrogens with zero attached hydrogens (tertiary/aromatic N) is 2. The zero-order chi connectivity index (χ0) is 21.3. The number of aliphatic imine (C=N–C) groups is 1. The van der Waals surface area contributed by atoms with E-state index in [1.54, 1.807) is 7.11 Å². The Bertz CT molecular complexity index is 916. The molecule has 1 aliphatic carbocycles. The number of fused-ring (bicyclic) bond motifs is 1. The van der Waals surface area contributed by atoms with Crippen molar-refractivity contribution in [2.75, 3.05) is 26.7 Å². The maximum absolute atomic E-state index is 14.9. The van der Waals surface area contributed by atoms with Gasteiger partial charge in [-0.25, -0.2) is 9.38 Å². The summed E-state index contributed by atoms with van der Waals surface area (Å²) in [5.41, 5.74) is 0.694. The Labute approximate surface area is 175 Å². The molecule has 1 atom stereocenters. The van der Waals surface area contributed by atoms with E-state index in [1.165, 1.54) is 0 Å². The molecule has 0 saturated carbocycles. The van der Waals surface area contributed by atoms with Crippen molar-refractivity contribution < 1.29 is 23.8 Å². The molecule has 6 nitrogen and oxygen atoms in total. The summed E-state index contributed by atoms with van der Waals surface area (Å²) < 4.78 is 20.2. The van der Waals surface area contributed by atoms with Crippen LogP contribution >= 0.6 is 0 Å². The molecule has 2 heterocycles. The van der Waals surface area contributed by atoms with Crippen LogP contribution in [-0.4, -0.2) is 54.2 Å². The summed E-state index contributed by atoms with van der Waals surface area (Å²) >= 11 is 0. The first kappa shape index (κ1) is 20.9. The molecule has 1 fully saturated rings. The summed E-state index contributed by atoms with van der Waals surface area (Å²) in [6.45, 7) is 1.26. The Hall–Kier alpha value is -2.38. The molecule has 1 unspecified atom stereocenters. The highest BCUT2D eigenvalue weighted by Crippen LogP contribution is 2.37. The first-order valence-corrected chi connectivity index (χ1v) is 10.5. The molecule has 0 bridgehead atoms. The Morgan fingerprint density at radius 3 is 2.80 bits per heavy atom. The van der Waals surface area contributed by atoms with Crippen molar-refractivity contribution in [1.82, 2.24) is 4.90 Å². The highest BCUT2D eigenvalue weighted by Gasteiger charge is 2.37. The molecular formula is C23H27FN2O4. The van der Waals surface area contributed by atoms with Gasteiger partial charge in [-0.2, -0.15) is 0 Å². The summed E-state index contributed by atoms with van der Waals surface area (Å²) in [7, 11) is 1.59. The molecule has 4 rings (SSSR count). The van der Waals surface area contributed by atoms with Crippen LogP contribution in [0, 0.1) is 5.92 Å². The molecular weight excluding hydrogens is 387 g/mol. The molecule has 30 heavy (non-hydrogen) atoms. The molecule has 0 radical (unpaired) electrons. The maximum atomic E-state index is 14.9. The Kier molecular flexibility index (Phi) is 5.84. The van der Waals surface area contributed by atoms with Gasteiger partial charge >= 0.3 is 0 Å². The maximum Gasteiger partial charge on any atom is 0.245 e. The van der Waals surface area contributed by atoms with Crippen LogP contribution in [0.15, 0.2) is 40.7 Å². The average Bonchev–Trinajstić information content (AvgIpc) is 2.75. The number of benzene rings is 1. The van der Waals surface area contributed by atoms with E-state index in [1.807, 2.05) is 29.2 Å². The van der Waals surface area contributed by atoms with E-state index < -0.39 is 17.3 Å². The first-order chi connectivity index (χ1) is 14.4. The third kappa shape index (κ3) is 4.09. The summed E-state index contributed by atoms with van der Waals surface area (Å²) in [4.78, 5) is 30.2. The summed E-state index contributed by atoms with van der Waals surface area (Å²) in [6.07, 6.45) is 2.40. The molecule has 1 amide bonds. The highest BCUT2D eigenvalue weighted by atomic mass is 19.1. The van der Waals surface area contributed by atoms with Gasteiger partial charge in [0.25, 0.3) is 0 Å². The van der Waals surface area contributed by atoms with Crippen LogP contribution in [0.1, 0.15) is 44.1 Å². The van der Waals surface area contributed by atoms with Crippen LogP contribution in [0.3, 0.4) is 0 Å². The molecule has 1 aromatic carbocycles. The average molecular weight is 414 g/mol. The number of hydrogen-bond acceptors (Lipinski definition) is 5. The van der Waals surface area contributed by atoms with Gasteiger partial charge in [-0.05, 0) is 49.8 Å². The van der Waals surface area contributed by atoms with Gasteiger partial charge in [0.1, 0.15) is 11.6 Å². The fourth-order valence-electron chi connectivity index (χ4n) is 4.67. The molecule has 2 aliphatic heterocycles.